The van der Waals surface area contributed by atoms with E-state index < -0.39 is 12.0 Å². The predicted octanol–water partition coefficient (Wildman–Crippen LogP) is 4.45. The fourth-order valence-electron chi connectivity index (χ4n) is 3.30. The van der Waals surface area contributed by atoms with E-state index in [4.69, 9.17) is 9.47 Å². The van der Waals surface area contributed by atoms with Crippen LogP contribution in [0.25, 0.3) is 0 Å². The van der Waals surface area contributed by atoms with Crippen LogP contribution < -0.4 is 20.1 Å². The number of thioether (sulfide) groups is 2. The number of carbonyl (C=O) groups excluding carboxylic acids is 1. The molecule has 2 atom stereocenters. The normalized spacial score (nSPS) is 13.9. The zero-order valence-electron chi connectivity index (χ0n) is 18.1. The van der Waals surface area contributed by atoms with Crippen molar-refractivity contribution in [2.75, 3.05) is 24.6 Å². The SMILES string of the molecule is CSCC[C@@H](CSc1cccc(C)c1)NC(=O)N[C@@H](CC(=O)O)c1ccc2c(c1)OCO2. The molecule has 0 unspecified atom stereocenters. The van der Waals surface area contributed by atoms with Gasteiger partial charge in [0.1, 0.15) is 0 Å². The molecule has 0 bridgehead atoms. The van der Waals surface area contributed by atoms with E-state index in [9.17, 15) is 14.7 Å². The number of ether oxygens (including phenoxy) is 2. The maximum Gasteiger partial charge on any atom is 0.315 e. The molecule has 2 aromatic rings. The smallest absolute Gasteiger partial charge is 0.315 e. The maximum atomic E-state index is 12.8. The first-order valence-electron chi connectivity index (χ1n) is 10.3. The highest BCUT2D eigenvalue weighted by molar-refractivity contribution is 7.99. The number of fused-ring (bicyclic) bond motifs is 1. The highest BCUT2D eigenvalue weighted by atomic mass is 32.2. The van der Waals surface area contributed by atoms with Gasteiger partial charge in [0.2, 0.25) is 6.79 Å². The van der Waals surface area contributed by atoms with E-state index in [1.165, 1.54) is 5.56 Å². The van der Waals surface area contributed by atoms with Gasteiger partial charge < -0.3 is 25.2 Å². The van der Waals surface area contributed by atoms with E-state index in [2.05, 4.69) is 35.8 Å². The molecule has 3 N–H and O–H groups in total. The first-order chi connectivity index (χ1) is 15.4. The lowest BCUT2D eigenvalue weighted by Crippen LogP contribution is -2.45. The summed E-state index contributed by atoms with van der Waals surface area (Å²) in [6.07, 6.45) is 2.62. The Hall–Kier alpha value is -2.52. The average molecular weight is 477 g/mol. The van der Waals surface area contributed by atoms with Gasteiger partial charge in [-0.25, -0.2) is 4.79 Å². The fourth-order valence-corrected chi connectivity index (χ4v) is 4.91. The minimum absolute atomic E-state index is 0.0461. The van der Waals surface area contributed by atoms with Gasteiger partial charge in [0.25, 0.3) is 0 Å². The molecule has 0 aliphatic carbocycles. The number of carboxylic acid groups (broad SMARTS) is 1. The third-order valence-corrected chi connectivity index (χ3v) is 6.73. The van der Waals surface area contributed by atoms with Crippen molar-refractivity contribution in [1.29, 1.82) is 0 Å². The molecule has 1 heterocycles. The van der Waals surface area contributed by atoms with Crippen LogP contribution in [0.15, 0.2) is 47.4 Å². The molecule has 3 rings (SSSR count). The Morgan fingerprint density at radius 2 is 1.94 bits per heavy atom. The Morgan fingerprint density at radius 1 is 1.12 bits per heavy atom. The van der Waals surface area contributed by atoms with Crippen LogP contribution in [0.5, 0.6) is 11.5 Å². The number of carboxylic acids is 1. The van der Waals surface area contributed by atoms with Crippen LogP contribution in [0, 0.1) is 6.92 Å². The first-order valence-corrected chi connectivity index (χ1v) is 12.7. The maximum absolute atomic E-state index is 12.8. The zero-order valence-corrected chi connectivity index (χ0v) is 19.8. The molecule has 7 nitrogen and oxygen atoms in total. The van der Waals surface area contributed by atoms with Crippen molar-refractivity contribution in [1.82, 2.24) is 10.6 Å². The number of rotatable bonds is 11. The van der Waals surface area contributed by atoms with E-state index in [1.807, 2.05) is 12.3 Å². The number of hydrogen-bond donors (Lipinski definition) is 3. The molecule has 172 valence electrons. The lowest BCUT2D eigenvalue weighted by molar-refractivity contribution is -0.137. The van der Waals surface area contributed by atoms with Crippen LogP contribution >= 0.6 is 23.5 Å². The van der Waals surface area contributed by atoms with Crippen LogP contribution in [0.4, 0.5) is 4.79 Å². The molecule has 0 radical (unpaired) electrons. The Labute approximate surface area is 196 Å². The molecular formula is C23H28N2O5S2. The molecule has 32 heavy (non-hydrogen) atoms. The van der Waals surface area contributed by atoms with Crippen molar-refractivity contribution < 1.29 is 24.2 Å². The molecular weight excluding hydrogens is 448 g/mol. The van der Waals surface area contributed by atoms with E-state index in [1.54, 1.807) is 41.7 Å². The summed E-state index contributed by atoms with van der Waals surface area (Å²) < 4.78 is 10.7. The number of amides is 2. The molecule has 9 heteroatoms. The van der Waals surface area contributed by atoms with Gasteiger partial charge in [0.15, 0.2) is 11.5 Å². The molecule has 0 saturated carbocycles. The third kappa shape index (κ3) is 7.27. The summed E-state index contributed by atoms with van der Waals surface area (Å²) in [7, 11) is 0. The van der Waals surface area contributed by atoms with Gasteiger partial charge in [-0.3, -0.25) is 4.79 Å². The number of urea groups is 1. The molecule has 0 saturated heterocycles. The minimum Gasteiger partial charge on any atom is -0.481 e. The third-order valence-electron chi connectivity index (χ3n) is 4.93. The van der Waals surface area contributed by atoms with Gasteiger partial charge in [-0.1, -0.05) is 23.8 Å². The summed E-state index contributed by atoms with van der Waals surface area (Å²) >= 11 is 3.43. The standard InChI is InChI=1S/C23H28N2O5S2/c1-15-4-3-5-18(10-15)32-13-17(8-9-31-2)24-23(28)25-19(12-22(26)27)16-6-7-20-21(11-16)30-14-29-20/h3-7,10-11,17,19H,8-9,12-14H2,1-2H3,(H,26,27)(H2,24,25,28)/t17-,19-/m0/s1. The lowest BCUT2D eigenvalue weighted by atomic mass is 10.0. The van der Waals surface area contributed by atoms with Crippen molar-refractivity contribution in [3.05, 3.63) is 53.6 Å². The number of aryl methyl sites for hydroxylation is 1. The summed E-state index contributed by atoms with van der Waals surface area (Å²) in [5.74, 6) is 1.80. The van der Waals surface area contributed by atoms with Crippen LogP contribution in [-0.4, -0.2) is 47.7 Å². The fraction of sp³-hybridized carbons (Fsp3) is 0.391. The summed E-state index contributed by atoms with van der Waals surface area (Å²) in [6, 6.07) is 12.3. The number of hydrogen-bond acceptors (Lipinski definition) is 6. The number of carbonyl (C=O) groups is 2. The largest absolute Gasteiger partial charge is 0.481 e. The van der Waals surface area contributed by atoms with Gasteiger partial charge in [-0.2, -0.15) is 11.8 Å². The molecule has 2 amide bonds. The van der Waals surface area contributed by atoms with Gasteiger partial charge in [0.05, 0.1) is 12.5 Å². The monoisotopic (exact) mass is 476 g/mol. The van der Waals surface area contributed by atoms with Crippen LogP contribution in [0.1, 0.15) is 30.0 Å². The number of aliphatic carboxylic acids is 1. The molecule has 1 aliphatic rings. The van der Waals surface area contributed by atoms with Gasteiger partial charge in [-0.05, 0) is 55.2 Å². The number of nitrogens with one attached hydrogen (secondary N) is 2. The Morgan fingerprint density at radius 3 is 2.69 bits per heavy atom. The number of benzene rings is 2. The zero-order chi connectivity index (χ0) is 22.9. The Kier molecular flexibility index (Phi) is 8.99. The second-order valence-corrected chi connectivity index (χ2v) is 9.57. The molecule has 0 aromatic heterocycles. The summed E-state index contributed by atoms with van der Waals surface area (Å²) in [6.45, 7) is 2.19. The second-order valence-electron chi connectivity index (χ2n) is 7.49. The van der Waals surface area contributed by atoms with Gasteiger partial charge in [-0.15, -0.1) is 11.8 Å². The highest BCUT2D eigenvalue weighted by Gasteiger charge is 2.23. The second kappa shape index (κ2) is 11.9. The van der Waals surface area contributed by atoms with E-state index >= 15 is 0 Å². The Balaban J connectivity index is 1.64. The molecule has 0 spiro atoms. The molecule has 2 aromatic carbocycles. The van der Waals surface area contributed by atoms with Crippen molar-refractivity contribution >= 4 is 35.5 Å². The molecule has 0 fully saturated rings. The first kappa shape index (κ1) is 24.1. The van der Waals surface area contributed by atoms with Crippen LogP contribution in [0.2, 0.25) is 0 Å². The van der Waals surface area contributed by atoms with Crippen molar-refractivity contribution in [3.8, 4) is 11.5 Å². The topological polar surface area (TPSA) is 96.9 Å². The van der Waals surface area contributed by atoms with Crippen LogP contribution in [-0.2, 0) is 4.79 Å². The van der Waals surface area contributed by atoms with Crippen LogP contribution in [0.3, 0.4) is 0 Å². The van der Waals surface area contributed by atoms with E-state index in [-0.39, 0.29) is 25.3 Å². The van der Waals surface area contributed by atoms with Crippen molar-refractivity contribution in [2.24, 2.45) is 0 Å². The summed E-state index contributed by atoms with van der Waals surface area (Å²) in [4.78, 5) is 25.4. The van der Waals surface area contributed by atoms with Crippen molar-refractivity contribution in [2.45, 2.75) is 36.7 Å². The summed E-state index contributed by atoms with van der Waals surface area (Å²) in [5.41, 5.74) is 1.85. The van der Waals surface area contributed by atoms with Crippen molar-refractivity contribution in [3.63, 3.8) is 0 Å². The quantitative estimate of drug-likeness (QED) is 0.412. The Bertz CT molecular complexity index is 940. The lowest BCUT2D eigenvalue weighted by Gasteiger charge is -2.22. The summed E-state index contributed by atoms with van der Waals surface area (Å²) in [5, 5.41) is 15.2. The molecule has 1 aliphatic heterocycles. The minimum atomic E-state index is -0.998. The predicted molar refractivity (Wildman–Crippen MR) is 128 cm³/mol. The van der Waals surface area contributed by atoms with E-state index in [0.29, 0.717) is 17.1 Å². The average Bonchev–Trinajstić information content (AvgIpc) is 3.23. The van der Waals surface area contributed by atoms with E-state index in [0.717, 1.165) is 22.8 Å². The van der Waals surface area contributed by atoms with Gasteiger partial charge >= 0.3 is 12.0 Å². The van der Waals surface area contributed by atoms with Gasteiger partial charge in [0, 0.05) is 16.7 Å². The highest BCUT2D eigenvalue weighted by Crippen LogP contribution is 2.34.